The number of pyridine rings is 1. The van der Waals surface area contributed by atoms with Crippen molar-refractivity contribution in [2.45, 2.75) is 26.3 Å². The van der Waals surface area contributed by atoms with E-state index in [1.54, 1.807) is 32.2 Å². The topological polar surface area (TPSA) is 91.3 Å². The van der Waals surface area contributed by atoms with E-state index in [0.29, 0.717) is 17.8 Å². The number of amides is 2. The van der Waals surface area contributed by atoms with Crippen LogP contribution in [0.3, 0.4) is 0 Å². The summed E-state index contributed by atoms with van der Waals surface area (Å²) in [4.78, 5) is 26.3. The molecule has 2 amide bonds. The molecule has 0 bridgehead atoms. The molecule has 0 unspecified atom stereocenters. The lowest BCUT2D eigenvalue weighted by atomic mass is 10.2. The van der Waals surface area contributed by atoms with Crippen LogP contribution in [0, 0.1) is 6.92 Å². The molecule has 17 heavy (non-hydrogen) atoms. The van der Waals surface area contributed by atoms with Gasteiger partial charge in [0.25, 0.3) is 0 Å². The predicted octanol–water partition coefficient (Wildman–Crippen LogP) is 1.37. The minimum Gasteiger partial charge on any atom is -0.480 e. The molecule has 1 aromatic rings. The lowest BCUT2D eigenvalue weighted by Gasteiger charge is -2.13. The van der Waals surface area contributed by atoms with E-state index >= 15 is 0 Å². The molecule has 0 aromatic carbocycles. The standard InChI is InChI=1S/C11H15N3O3/c1-3-8(10(15)16)13-11(17)14-9-5-4-6-12-7(9)2/h4-6,8H,3H2,1-2H3,(H,15,16)(H2,13,14,17)/t8-/m1/s1. The van der Waals surface area contributed by atoms with Crippen LogP contribution in [-0.4, -0.2) is 28.1 Å². The average molecular weight is 237 g/mol. The van der Waals surface area contributed by atoms with E-state index in [2.05, 4.69) is 15.6 Å². The molecule has 0 spiro atoms. The number of nitrogens with zero attached hydrogens (tertiary/aromatic N) is 1. The molecular weight excluding hydrogens is 222 g/mol. The van der Waals surface area contributed by atoms with Crippen molar-refractivity contribution in [2.24, 2.45) is 0 Å². The summed E-state index contributed by atoms with van der Waals surface area (Å²) in [6, 6.07) is 1.96. The van der Waals surface area contributed by atoms with Crippen molar-refractivity contribution in [1.82, 2.24) is 10.3 Å². The SMILES string of the molecule is CC[C@@H](NC(=O)Nc1cccnc1C)C(=O)O. The number of nitrogens with one attached hydrogen (secondary N) is 2. The quantitative estimate of drug-likeness (QED) is 0.737. The summed E-state index contributed by atoms with van der Waals surface area (Å²) in [6.07, 6.45) is 1.94. The van der Waals surface area contributed by atoms with Crippen molar-refractivity contribution < 1.29 is 14.7 Å². The Bertz CT molecular complexity index is 420. The highest BCUT2D eigenvalue weighted by Crippen LogP contribution is 2.09. The van der Waals surface area contributed by atoms with Gasteiger partial charge in [0.15, 0.2) is 0 Å². The van der Waals surface area contributed by atoms with Crippen molar-refractivity contribution in [3.8, 4) is 0 Å². The first-order chi connectivity index (χ1) is 8.04. The number of aryl methyl sites for hydroxylation is 1. The summed E-state index contributed by atoms with van der Waals surface area (Å²) < 4.78 is 0. The molecule has 0 fully saturated rings. The number of carboxylic acid groups (broad SMARTS) is 1. The molecule has 0 aliphatic heterocycles. The predicted molar refractivity (Wildman–Crippen MR) is 62.8 cm³/mol. The van der Waals surface area contributed by atoms with E-state index in [4.69, 9.17) is 5.11 Å². The van der Waals surface area contributed by atoms with Crippen molar-refractivity contribution in [1.29, 1.82) is 0 Å². The third kappa shape index (κ3) is 3.75. The molecular formula is C11H15N3O3. The largest absolute Gasteiger partial charge is 0.480 e. The highest BCUT2D eigenvalue weighted by atomic mass is 16.4. The minimum absolute atomic E-state index is 0.328. The van der Waals surface area contributed by atoms with Crippen molar-refractivity contribution in [3.05, 3.63) is 24.0 Å². The van der Waals surface area contributed by atoms with Crippen LogP contribution < -0.4 is 10.6 Å². The summed E-state index contributed by atoms with van der Waals surface area (Å²) >= 11 is 0. The smallest absolute Gasteiger partial charge is 0.326 e. The van der Waals surface area contributed by atoms with Crippen molar-refractivity contribution >= 4 is 17.7 Å². The summed E-state index contributed by atoms with van der Waals surface area (Å²) in [5, 5.41) is 13.7. The Morgan fingerprint density at radius 1 is 1.53 bits per heavy atom. The zero-order valence-corrected chi connectivity index (χ0v) is 9.73. The molecule has 0 aliphatic rings. The van der Waals surface area contributed by atoms with E-state index in [0.717, 1.165) is 0 Å². The zero-order chi connectivity index (χ0) is 12.8. The second-order valence-corrected chi connectivity index (χ2v) is 3.53. The summed E-state index contributed by atoms with van der Waals surface area (Å²) in [5.41, 5.74) is 1.23. The molecule has 1 heterocycles. The molecule has 1 aromatic heterocycles. The third-order valence-electron chi connectivity index (χ3n) is 2.27. The average Bonchev–Trinajstić information content (AvgIpc) is 2.28. The normalized spacial score (nSPS) is 11.6. The van der Waals surface area contributed by atoms with Gasteiger partial charge in [0, 0.05) is 6.20 Å². The van der Waals surface area contributed by atoms with E-state index < -0.39 is 18.0 Å². The summed E-state index contributed by atoms with van der Waals surface area (Å²) in [7, 11) is 0. The first kappa shape index (κ1) is 13.0. The molecule has 6 nitrogen and oxygen atoms in total. The van der Waals surface area contributed by atoms with Gasteiger partial charge in [-0.1, -0.05) is 6.92 Å². The van der Waals surface area contributed by atoms with Gasteiger partial charge in [-0.25, -0.2) is 9.59 Å². The van der Waals surface area contributed by atoms with E-state index in [1.165, 1.54) is 0 Å². The summed E-state index contributed by atoms with van der Waals surface area (Å²) in [5.74, 6) is -1.05. The number of urea groups is 1. The van der Waals surface area contributed by atoms with Crippen LogP contribution in [0.2, 0.25) is 0 Å². The van der Waals surface area contributed by atoms with Crippen LogP contribution in [0.5, 0.6) is 0 Å². The van der Waals surface area contributed by atoms with Gasteiger partial charge >= 0.3 is 12.0 Å². The fourth-order valence-electron chi connectivity index (χ4n) is 1.27. The minimum atomic E-state index is -1.05. The third-order valence-corrected chi connectivity index (χ3v) is 2.27. The Kier molecular flexibility index (Phi) is 4.45. The molecule has 0 aliphatic carbocycles. The van der Waals surface area contributed by atoms with Gasteiger partial charge in [0.05, 0.1) is 11.4 Å². The van der Waals surface area contributed by atoms with Gasteiger partial charge in [0.1, 0.15) is 6.04 Å². The summed E-state index contributed by atoms with van der Waals surface area (Å²) in [6.45, 7) is 3.44. The van der Waals surface area contributed by atoms with Crippen molar-refractivity contribution in [2.75, 3.05) is 5.32 Å². The van der Waals surface area contributed by atoms with Gasteiger partial charge in [-0.3, -0.25) is 4.98 Å². The lowest BCUT2D eigenvalue weighted by molar-refractivity contribution is -0.139. The molecule has 1 atom stereocenters. The number of carbonyl (C=O) groups is 2. The molecule has 92 valence electrons. The van der Waals surface area contributed by atoms with Crippen LogP contribution in [0.4, 0.5) is 10.5 Å². The fourth-order valence-corrected chi connectivity index (χ4v) is 1.27. The van der Waals surface area contributed by atoms with Crippen molar-refractivity contribution in [3.63, 3.8) is 0 Å². The monoisotopic (exact) mass is 237 g/mol. The maximum atomic E-state index is 11.5. The Hall–Kier alpha value is -2.11. The van der Waals surface area contributed by atoms with E-state index in [-0.39, 0.29) is 0 Å². The maximum Gasteiger partial charge on any atom is 0.326 e. The number of hydrogen-bond donors (Lipinski definition) is 3. The number of rotatable bonds is 4. The Morgan fingerprint density at radius 2 is 2.24 bits per heavy atom. The molecule has 0 radical (unpaired) electrons. The molecule has 1 rings (SSSR count). The first-order valence-corrected chi connectivity index (χ1v) is 5.26. The highest BCUT2D eigenvalue weighted by molar-refractivity contribution is 5.92. The van der Waals surface area contributed by atoms with Crippen LogP contribution in [0.25, 0.3) is 0 Å². The Balaban J connectivity index is 2.61. The lowest BCUT2D eigenvalue weighted by Crippen LogP contribution is -2.42. The number of carboxylic acids is 1. The Labute approximate surface area is 99.1 Å². The molecule has 6 heteroatoms. The van der Waals surface area contributed by atoms with Crippen LogP contribution in [0.15, 0.2) is 18.3 Å². The van der Waals surface area contributed by atoms with E-state index in [9.17, 15) is 9.59 Å². The van der Waals surface area contributed by atoms with Gasteiger partial charge < -0.3 is 15.7 Å². The van der Waals surface area contributed by atoms with Crippen LogP contribution >= 0.6 is 0 Å². The Morgan fingerprint density at radius 3 is 2.76 bits per heavy atom. The second-order valence-electron chi connectivity index (χ2n) is 3.53. The second kappa shape index (κ2) is 5.83. The van der Waals surface area contributed by atoms with Gasteiger partial charge in [-0.05, 0) is 25.5 Å². The number of aromatic nitrogens is 1. The number of carbonyl (C=O) groups excluding carboxylic acids is 1. The molecule has 3 N–H and O–H groups in total. The zero-order valence-electron chi connectivity index (χ0n) is 9.73. The molecule has 0 saturated heterocycles. The van der Waals surface area contributed by atoms with Crippen LogP contribution in [0.1, 0.15) is 19.0 Å². The number of anilines is 1. The number of aliphatic carboxylic acids is 1. The number of hydrogen-bond acceptors (Lipinski definition) is 3. The maximum absolute atomic E-state index is 11.5. The highest BCUT2D eigenvalue weighted by Gasteiger charge is 2.17. The van der Waals surface area contributed by atoms with Crippen LogP contribution in [-0.2, 0) is 4.79 Å². The molecule has 0 saturated carbocycles. The first-order valence-electron chi connectivity index (χ1n) is 5.26. The fraction of sp³-hybridized carbons (Fsp3) is 0.364. The van der Waals surface area contributed by atoms with Gasteiger partial charge in [-0.15, -0.1) is 0 Å². The van der Waals surface area contributed by atoms with E-state index in [1.807, 2.05) is 0 Å². The van der Waals surface area contributed by atoms with Gasteiger partial charge in [-0.2, -0.15) is 0 Å². The van der Waals surface area contributed by atoms with Gasteiger partial charge in [0.2, 0.25) is 0 Å².